The number of ether oxygens (including phenoxy) is 6. The number of rotatable bonds is 43. The number of hydrogen-bond donors (Lipinski definition) is 7. The predicted octanol–water partition coefficient (Wildman–Crippen LogP) is 8.91. The van der Waals surface area contributed by atoms with Crippen LogP contribution < -0.4 is 0 Å². The molecule has 2 saturated heterocycles. The smallest absolute Gasteiger partial charge is 0.306 e. The molecular formula is C56H98O14. The van der Waals surface area contributed by atoms with Crippen molar-refractivity contribution in [3.05, 3.63) is 60.8 Å². The van der Waals surface area contributed by atoms with Gasteiger partial charge in [0.25, 0.3) is 0 Å². The highest BCUT2D eigenvalue weighted by molar-refractivity contribution is 5.69. The quantitative estimate of drug-likeness (QED) is 0.0173. The molecule has 406 valence electrons. The van der Waals surface area contributed by atoms with E-state index in [0.717, 1.165) is 89.9 Å². The lowest BCUT2D eigenvalue weighted by molar-refractivity contribution is -0.332. The van der Waals surface area contributed by atoms with E-state index >= 15 is 0 Å². The minimum absolute atomic E-state index is 0.0544. The summed E-state index contributed by atoms with van der Waals surface area (Å²) in [6.45, 7) is 3.53. The molecule has 2 aliphatic heterocycles. The molecule has 0 aromatic heterocycles. The van der Waals surface area contributed by atoms with Crippen LogP contribution in [-0.4, -0.2) is 142 Å². The number of allylic oxidation sites excluding steroid dienone is 10. The van der Waals surface area contributed by atoms with Crippen molar-refractivity contribution < 1.29 is 69.0 Å². The van der Waals surface area contributed by atoms with E-state index in [4.69, 9.17) is 28.4 Å². The predicted molar refractivity (Wildman–Crippen MR) is 275 cm³/mol. The van der Waals surface area contributed by atoms with Crippen molar-refractivity contribution in [1.82, 2.24) is 0 Å². The number of esters is 1. The second-order valence-electron chi connectivity index (χ2n) is 19.0. The normalized spacial score (nSPS) is 26.0. The van der Waals surface area contributed by atoms with E-state index < -0.39 is 80.7 Å². The average Bonchev–Trinajstić information content (AvgIpc) is 3.36. The molecule has 2 fully saturated rings. The van der Waals surface area contributed by atoms with Gasteiger partial charge in [0, 0.05) is 13.0 Å². The first kappa shape index (κ1) is 63.8. The summed E-state index contributed by atoms with van der Waals surface area (Å²) in [5, 5.41) is 72.2. The topological polar surface area (TPSA) is 214 Å². The standard InChI is InChI=1S/C56H98O14/c1-3-5-7-9-11-13-15-17-18-19-20-21-22-23-24-25-26-27-28-30-32-34-36-38-40-65-42-45(68-48(58)39-37-35-33-31-29-16-14-12-10-8-6-4-2)43-66-55-54(64)52(62)50(60)47(70-55)44-67-56-53(63)51(61)49(59)46(41-57)69-56/h5,7,11-14,17-18,20-21,45-47,49-57,59-64H,3-4,6,8-10,15-16,19,22-44H2,1-2H3/b7-5-,13-11-,14-12-,18-17-,21-20-. The fourth-order valence-corrected chi connectivity index (χ4v) is 8.33. The molecule has 0 bridgehead atoms. The zero-order valence-corrected chi connectivity index (χ0v) is 43.2. The van der Waals surface area contributed by atoms with E-state index in [0.29, 0.717) is 13.0 Å². The summed E-state index contributed by atoms with van der Waals surface area (Å²) < 4.78 is 34.3. The number of hydrogen-bond acceptors (Lipinski definition) is 14. The van der Waals surface area contributed by atoms with Gasteiger partial charge in [0.2, 0.25) is 0 Å². The van der Waals surface area contributed by atoms with Crippen LogP contribution in [0.1, 0.15) is 187 Å². The van der Waals surface area contributed by atoms with Crippen LogP contribution in [-0.2, 0) is 33.2 Å². The summed E-state index contributed by atoms with van der Waals surface area (Å²) in [5.41, 5.74) is 0. The molecule has 11 atom stereocenters. The van der Waals surface area contributed by atoms with Crippen LogP contribution in [0.2, 0.25) is 0 Å². The van der Waals surface area contributed by atoms with Crippen molar-refractivity contribution in [1.29, 1.82) is 0 Å². The molecule has 2 heterocycles. The molecule has 0 aliphatic carbocycles. The molecule has 2 aliphatic rings. The second kappa shape index (κ2) is 43.1. The molecule has 14 nitrogen and oxygen atoms in total. The van der Waals surface area contributed by atoms with Crippen molar-refractivity contribution in [3.63, 3.8) is 0 Å². The fourth-order valence-electron chi connectivity index (χ4n) is 8.33. The number of aliphatic hydroxyl groups excluding tert-OH is 7. The summed E-state index contributed by atoms with van der Waals surface area (Å²) >= 11 is 0. The third kappa shape index (κ3) is 30.0. The van der Waals surface area contributed by atoms with Crippen molar-refractivity contribution in [2.75, 3.05) is 33.0 Å². The van der Waals surface area contributed by atoms with E-state index in [1.807, 2.05) is 0 Å². The Morgan fingerprint density at radius 3 is 1.47 bits per heavy atom. The zero-order valence-electron chi connectivity index (χ0n) is 43.2. The van der Waals surface area contributed by atoms with Crippen LogP contribution in [0.4, 0.5) is 0 Å². The van der Waals surface area contributed by atoms with E-state index in [9.17, 15) is 40.5 Å². The van der Waals surface area contributed by atoms with Gasteiger partial charge < -0.3 is 64.2 Å². The van der Waals surface area contributed by atoms with Crippen LogP contribution in [0.5, 0.6) is 0 Å². The number of carbonyl (C=O) groups is 1. The lowest BCUT2D eigenvalue weighted by atomic mass is 9.98. The van der Waals surface area contributed by atoms with Gasteiger partial charge in [-0.1, -0.05) is 164 Å². The Hall–Kier alpha value is -2.31. The Morgan fingerprint density at radius 2 is 0.929 bits per heavy atom. The number of unbranched alkanes of at least 4 members (excludes halogenated alkanes) is 19. The van der Waals surface area contributed by atoms with Gasteiger partial charge in [-0.25, -0.2) is 0 Å². The Labute approximate surface area is 422 Å². The van der Waals surface area contributed by atoms with Gasteiger partial charge in [-0.15, -0.1) is 0 Å². The first-order valence-corrected chi connectivity index (χ1v) is 27.4. The maximum Gasteiger partial charge on any atom is 0.306 e. The summed E-state index contributed by atoms with van der Waals surface area (Å²) in [6.07, 6.45) is 35.7. The molecule has 14 heteroatoms. The molecule has 11 unspecified atom stereocenters. The molecule has 0 aromatic rings. The number of carbonyl (C=O) groups excluding carboxylic acids is 1. The van der Waals surface area contributed by atoms with Gasteiger partial charge in [0.15, 0.2) is 12.6 Å². The van der Waals surface area contributed by atoms with Gasteiger partial charge >= 0.3 is 5.97 Å². The molecule has 0 aromatic carbocycles. The summed E-state index contributed by atoms with van der Waals surface area (Å²) in [5.74, 6) is -0.388. The molecule has 0 amide bonds. The molecule has 0 radical (unpaired) electrons. The first-order chi connectivity index (χ1) is 34.1. The third-order valence-electron chi connectivity index (χ3n) is 12.8. The van der Waals surface area contributed by atoms with Gasteiger partial charge in [0.05, 0.1) is 26.4 Å². The van der Waals surface area contributed by atoms with Crippen LogP contribution in [0, 0.1) is 0 Å². The van der Waals surface area contributed by atoms with Gasteiger partial charge in [-0.3, -0.25) is 4.79 Å². The Balaban J connectivity index is 1.70. The van der Waals surface area contributed by atoms with Gasteiger partial charge in [-0.05, 0) is 77.0 Å². The summed E-state index contributed by atoms with van der Waals surface area (Å²) in [4.78, 5) is 13.0. The highest BCUT2D eigenvalue weighted by Crippen LogP contribution is 2.26. The van der Waals surface area contributed by atoms with E-state index in [1.54, 1.807) is 0 Å². The summed E-state index contributed by atoms with van der Waals surface area (Å²) in [7, 11) is 0. The van der Waals surface area contributed by atoms with Crippen molar-refractivity contribution >= 4 is 5.97 Å². The monoisotopic (exact) mass is 995 g/mol. The summed E-state index contributed by atoms with van der Waals surface area (Å²) in [6, 6.07) is 0. The van der Waals surface area contributed by atoms with Crippen LogP contribution in [0.15, 0.2) is 60.8 Å². The molecule has 2 rings (SSSR count). The Morgan fingerprint density at radius 1 is 0.486 bits per heavy atom. The van der Waals surface area contributed by atoms with Crippen molar-refractivity contribution in [2.45, 2.75) is 255 Å². The second-order valence-corrected chi connectivity index (χ2v) is 19.0. The molecule has 0 saturated carbocycles. The van der Waals surface area contributed by atoms with E-state index in [1.165, 1.54) is 70.6 Å². The van der Waals surface area contributed by atoms with Crippen LogP contribution in [0.3, 0.4) is 0 Å². The minimum Gasteiger partial charge on any atom is -0.457 e. The van der Waals surface area contributed by atoms with Crippen LogP contribution >= 0.6 is 0 Å². The SMILES string of the molecule is CC/C=C\C/C=C\C/C=C\C/C=C\CCCCCCCCCCCCCOCC(COC1OC(COC2OC(CO)C(O)C(O)C2O)C(O)C(O)C1O)OC(=O)CCCCCCC/C=C\CCCCC. The van der Waals surface area contributed by atoms with Crippen molar-refractivity contribution in [3.8, 4) is 0 Å². The zero-order chi connectivity index (χ0) is 50.9. The minimum atomic E-state index is -1.71. The maximum atomic E-state index is 13.0. The van der Waals surface area contributed by atoms with E-state index in [-0.39, 0.29) is 25.6 Å². The maximum absolute atomic E-state index is 13.0. The molecule has 7 N–H and O–H groups in total. The largest absolute Gasteiger partial charge is 0.457 e. The van der Waals surface area contributed by atoms with Gasteiger partial charge in [0.1, 0.15) is 54.9 Å². The fraction of sp³-hybridized carbons (Fsp3) is 0.804. The van der Waals surface area contributed by atoms with Gasteiger partial charge in [-0.2, -0.15) is 0 Å². The molecular weight excluding hydrogens is 897 g/mol. The van der Waals surface area contributed by atoms with E-state index in [2.05, 4.69) is 74.6 Å². The highest BCUT2D eigenvalue weighted by atomic mass is 16.7. The average molecular weight is 995 g/mol. The Kier molecular flexibility index (Phi) is 39.3. The van der Waals surface area contributed by atoms with Crippen molar-refractivity contribution in [2.24, 2.45) is 0 Å². The highest BCUT2D eigenvalue weighted by Gasteiger charge is 2.47. The molecule has 70 heavy (non-hydrogen) atoms. The lowest BCUT2D eigenvalue weighted by Crippen LogP contribution is -2.61. The third-order valence-corrected chi connectivity index (χ3v) is 12.8. The molecule has 0 spiro atoms. The lowest BCUT2D eigenvalue weighted by Gasteiger charge is -2.42. The Bertz CT molecular complexity index is 1390. The van der Waals surface area contributed by atoms with Crippen LogP contribution in [0.25, 0.3) is 0 Å². The first-order valence-electron chi connectivity index (χ1n) is 27.4. The number of aliphatic hydroxyl groups is 7.